The van der Waals surface area contributed by atoms with Crippen molar-refractivity contribution in [3.8, 4) is 0 Å². The van der Waals surface area contributed by atoms with Crippen LogP contribution >= 0.6 is 0 Å². The summed E-state index contributed by atoms with van der Waals surface area (Å²) in [6.45, 7) is 11.5. The maximum absolute atomic E-state index is 13.6. The lowest BCUT2D eigenvalue weighted by Crippen LogP contribution is -2.29. The van der Waals surface area contributed by atoms with Gasteiger partial charge in [-0.25, -0.2) is 13.9 Å². The molecule has 0 aliphatic rings. The summed E-state index contributed by atoms with van der Waals surface area (Å²) in [7, 11) is 0. The fourth-order valence-corrected chi connectivity index (χ4v) is 4.01. The van der Waals surface area contributed by atoms with Crippen LogP contribution in [0.25, 0.3) is 16.7 Å². The van der Waals surface area contributed by atoms with Crippen molar-refractivity contribution in [3.63, 3.8) is 0 Å². The van der Waals surface area contributed by atoms with E-state index in [1.165, 1.54) is 9.08 Å². The Morgan fingerprint density at radius 3 is 2.37 bits per heavy atom. The molecule has 35 heavy (non-hydrogen) atoms. The standard InChI is InChI=1S/C27H33N5O3/c1-17(2)12-13-30-25(34)22-11-10-21(24(33)28-15-18(3)4)14-23(22)32-26(30)29-31(27(32)35)16-20-8-6-19(5)7-9-20/h6-11,14,17-18H,12-13,15-16H2,1-5H3,(H,28,33). The van der Waals surface area contributed by atoms with Crippen molar-refractivity contribution in [3.05, 3.63) is 80.0 Å². The molecule has 1 N–H and O–H groups in total. The van der Waals surface area contributed by atoms with Crippen molar-refractivity contribution in [2.24, 2.45) is 11.8 Å². The summed E-state index contributed by atoms with van der Waals surface area (Å²) in [6.07, 6.45) is 0.774. The average molecular weight is 476 g/mol. The topological polar surface area (TPSA) is 90.4 Å². The summed E-state index contributed by atoms with van der Waals surface area (Å²) < 4.78 is 4.43. The van der Waals surface area contributed by atoms with Gasteiger partial charge in [0.2, 0.25) is 5.78 Å². The number of rotatable bonds is 8. The molecule has 0 saturated carbocycles. The molecule has 8 nitrogen and oxygen atoms in total. The van der Waals surface area contributed by atoms with E-state index in [1.807, 2.05) is 45.0 Å². The largest absolute Gasteiger partial charge is 0.352 e. The Labute approximate surface area is 204 Å². The number of aryl methyl sites for hydroxylation is 2. The molecule has 184 valence electrons. The van der Waals surface area contributed by atoms with Gasteiger partial charge in [-0.2, -0.15) is 0 Å². The Morgan fingerprint density at radius 1 is 1.00 bits per heavy atom. The van der Waals surface area contributed by atoms with Gasteiger partial charge >= 0.3 is 5.69 Å². The van der Waals surface area contributed by atoms with Crippen LogP contribution in [0.5, 0.6) is 0 Å². The number of benzene rings is 2. The Kier molecular flexibility index (Phi) is 6.91. The van der Waals surface area contributed by atoms with Crippen LogP contribution in [0, 0.1) is 18.8 Å². The Balaban J connectivity index is 1.91. The van der Waals surface area contributed by atoms with Crippen LogP contribution in [0.1, 0.15) is 55.6 Å². The normalized spacial score (nSPS) is 11.7. The zero-order chi connectivity index (χ0) is 25.3. The molecule has 0 saturated heterocycles. The molecule has 4 aromatic rings. The maximum Gasteiger partial charge on any atom is 0.352 e. The van der Waals surface area contributed by atoms with E-state index in [2.05, 4.69) is 24.3 Å². The Hall–Kier alpha value is -3.68. The highest BCUT2D eigenvalue weighted by molar-refractivity contribution is 5.98. The van der Waals surface area contributed by atoms with Gasteiger partial charge in [0.25, 0.3) is 11.5 Å². The van der Waals surface area contributed by atoms with Crippen LogP contribution in [0.2, 0.25) is 0 Å². The number of hydrogen-bond donors (Lipinski definition) is 1. The van der Waals surface area contributed by atoms with E-state index in [1.54, 1.807) is 22.8 Å². The molecule has 8 heteroatoms. The number of carbonyl (C=O) groups is 1. The van der Waals surface area contributed by atoms with E-state index in [4.69, 9.17) is 0 Å². The fraction of sp³-hybridized carbons (Fsp3) is 0.407. The fourth-order valence-electron chi connectivity index (χ4n) is 4.01. The summed E-state index contributed by atoms with van der Waals surface area (Å²) in [4.78, 5) is 39.7. The van der Waals surface area contributed by atoms with Crippen LogP contribution in [0.4, 0.5) is 0 Å². The van der Waals surface area contributed by atoms with Crippen molar-refractivity contribution >= 4 is 22.6 Å². The molecule has 0 radical (unpaired) electrons. The predicted octanol–water partition coefficient (Wildman–Crippen LogP) is 3.60. The van der Waals surface area contributed by atoms with E-state index in [0.717, 1.165) is 17.5 Å². The molecule has 0 bridgehead atoms. The quantitative estimate of drug-likeness (QED) is 0.422. The molecular weight excluding hydrogens is 442 g/mol. The highest BCUT2D eigenvalue weighted by atomic mass is 16.2. The lowest BCUT2D eigenvalue weighted by molar-refractivity contribution is 0.0949. The van der Waals surface area contributed by atoms with Crippen LogP contribution < -0.4 is 16.6 Å². The lowest BCUT2D eigenvalue weighted by atomic mass is 10.1. The molecular formula is C27H33N5O3. The number of amides is 1. The highest BCUT2D eigenvalue weighted by Crippen LogP contribution is 2.16. The summed E-state index contributed by atoms with van der Waals surface area (Å²) in [5.74, 6) is 0.741. The Bertz CT molecular complexity index is 1490. The maximum atomic E-state index is 13.6. The molecule has 0 unspecified atom stereocenters. The second-order valence-corrected chi connectivity index (χ2v) is 10.0. The van der Waals surface area contributed by atoms with Gasteiger partial charge in [0.1, 0.15) is 0 Å². The third-order valence-corrected chi connectivity index (χ3v) is 6.09. The van der Waals surface area contributed by atoms with E-state index in [0.29, 0.717) is 47.2 Å². The predicted molar refractivity (Wildman–Crippen MR) is 138 cm³/mol. The number of aromatic nitrogens is 4. The van der Waals surface area contributed by atoms with Crippen molar-refractivity contribution in [2.45, 2.75) is 54.1 Å². The van der Waals surface area contributed by atoms with Crippen molar-refractivity contribution in [1.29, 1.82) is 0 Å². The minimum absolute atomic E-state index is 0.213. The van der Waals surface area contributed by atoms with Gasteiger partial charge in [-0.1, -0.05) is 57.5 Å². The second kappa shape index (κ2) is 9.90. The number of hydrogen-bond acceptors (Lipinski definition) is 4. The average Bonchev–Trinajstić information content (AvgIpc) is 3.14. The first kappa shape index (κ1) is 24.4. The molecule has 4 rings (SSSR count). The molecule has 1 amide bonds. The number of fused-ring (bicyclic) bond motifs is 3. The van der Waals surface area contributed by atoms with E-state index in [9.17, 15) is 14.4 Å². The van der Waals surface area contributed by atoms with Gasteiger partial charge in [-0.05, 0) is 48.9 Å². The molecule has 0 aliphatic heterocycles. The third-order valence-electron chi connectivity index (χ3n) is 6.09. The van der Waals surface area contributed by atoms with Crippen molar-refractivity contribution in [1.82, 2.24) is 24.1 Å². The van der Waals surface area contributed by atoms with Crippen LogP contribution in [0.15, 0.2) is 52.1 Å². The van der Waals surface area contributed by atoms with E-state index in [-0.39, 0.29) is 23.7 Å². The van der Waals surface area contributed by atoms with E-state index < -0.39 is 0 Å². The monoisotopic (exact) mass is 475 g/mol. The molecule has 0 fully saturated rings. The third kappa shape index (κ3) is 5.06. The summed E-state index contributed by atoms with van der Waals surface area (Å²) in [5.41, 5.74) is 2.31. The van der Waals surface area contributed by atoms with E-state index >= 15 is 0 Å². The van der Waals surface area contributed by atoms with Crippen molar-refractivity contribution < 1.29 is 4.79 Å². The number of nitrogens with zero attached hydrogens (tertiary/aromatic N) is 4. The zero-order valence-electron chi connectivity index (χ0n) is 21.0. The van der Waals surface area contributed by atoms with Gasteiger partial charge in [-0.15, -0.1) is 5.10 Å². The van der Waals surface area contributed by atoms with Gasteiger partial charge in [0.05, 0.1) is 17.4 Å². The van der Waals surface area contributed by atoms with Gasteiger partial charge in [0, 0.05) is 18.7 Å². The number of carbonyl (C=O) groups excluding carboxylic acids is 1. The summed E-state index contributed by atoms with van der Waals surface area (Å²) >= 11 is 0. The first-order valence-electron chi connectivity index (χ1n) is 12.2. The zero-order valence-corrected chi connectivity index (χ0v) is 21.0. The highest BCUT2D eigenvalue weighted by Gasteiger charge is 2.19. The minimum atomic E-state index is -0.344. The van der Waals surface area contributed by atoms with Gasteiger partial charge in [-0.3, -0.25) is 14.2 Å². The SMILES string of the molecule is Cc1ccc(Cn2nc3n(CCC(C)C)c(=O)c4ccc(C(=O)NCC(C)C)cc4n3c2=O)cc1. The molecule has 2 heterocycles. The summed E-state index contributed by atoms with van der Waals surface area (Å²) in [6, 6.07) is 12.8. The molecule has 2 aromatic carbocycles. The lowest BCUT2D eigenvalue weighted by Gasteiger charge is -2.12. The molecule has 0 spiro atoms. The molecule has 2 aromatic heterocycles. The minimum Gasteiger partial charge on any atom is -0.352 e. The van der Waals surface area contributed by atoms with Gasteiger partial charge in [0.15, 0.2) is 0 Å². The molecule has 0 aliphatic carbocycles. The van der Waals surface area contributed by atoms with Gasteiger partial charge < -0.3 is 5.32 Å². The van der Waals surface area contributed by atoms with Crippen molar-refractivity contribution in [2.75, 3.05) is 6.54 Å². The molecule has 0 atom stereocenters. The van der Waals surface area contributed by atoms with Crippen LogP contribution in [-0.4, -0.2) is 31.2 Å². The Morgan fingerprint density at radius 2 is 1.71 bits per heavy atom. The van der Waals surface area contributed by atoms with Crippen LogP contribution in [0.3, 0.4) is 0 Å². The van der Waals surface area contributed by atoms with Crippen LogP contribution in [-0.2, 0) is 13.1 Å². The first-order valence-corrected chi connectivity index (χ1v) is 12.2. The smallest absolute Gasteiger partial charge is 0.352 e. The summed E-state index contributed by atoms with van der Waals surface area (Å²) in [5, 5.41) is 7.87. The second-order valence-electron chi connectivity index (χ2n) is 10.0. The first-order chi connectivity index (χ1) is 16.7. The number of nitrogens with one attached hydrogen (secondary N) is 1.